The Bertz CT molecular complexity index is 517. The fourth-order valence-corrected chi connectivity index (χ4v) is 4.04. The molecule has 0 unspecified atom stereocenters. The minimum Gasteiger partial charge on any atom is -0.226 e. The third kappa shape index (κ3) is 3.64. The minimum absolute atomic E-state index is 0.807. The van der Waals surface area contributed by atoms with Crippen LogP contribution in [0.4, 0.5) is 0 Å². The molecule has 0 spiro atoms. The molecule has 0 atom stereocenters. The molecule has 0 aliphatic rings. The normalized spacial score (nSPS) is 10.8. The van der Waals surface area contributed by atoms with Gasteiger partial charge in [-0.2, -0.15) is 0 Å². The molecular formula is C9H9BrN4S3. The van der Waals surface area contributed by atoms with E-state index in [1.54, 1.807) is 23.1 Å². The van der Waals surface area contributed by atoms with E-state index in [9.17, 15) is 0 Å². The van der Waals surface area contributed by atoms with Crippen molar-refractivity contribution in [2.24, 2.45) is 0 Å². The first-order valence-corrected chi connectivity index (χ1v) is 8.45. The molecule has 2 rings (SSSR count). The van der Waals surface area contributed by atoms with Gasteiger partial charge in [0, 0.05) is 12.5 Å². The number of hydrogen-bond acceptors (Lipinski definition) is 7. The molecule has 0 aromatic carbocycles. The lowest BCUT2D eigenvalue weighted by molar-refractivity contribution is 0.875. The van der Waals surface area contributed by atoms with Crippen LogP contribution >= 0.6 is 50.8 Å². The van der Waals surface area contributed by atoms with Crippen molar-refractivity contribution < 1.29 is 0 Å². The van der Waals surface area contributed by atoms with Gasteiger partial charge in [0.15, 0.2) is 8.68 Å². The van der Waals surface area contributed by atoms with Crippen molar-refractivity contribution in [2.75, 3.05) is 6.26 Å². The SMILES string of the molecule is CCc1nc(Br)cc(Sc2nnc(SC)s2)n1. The molecule has 17 heavy (non-hydrogen) atoms. The van der Waals surface area contributed by atoms with Crippen LogP contribution in [0.3, 0.4) is 0 Å². The Balaban J connectivity index is 2.20. The van der Waals surface area contributed by atoms with Crippen molar-refractivity contribution in [3.05, 3.63) is 16.5 Å². The largest absolute Gasteiger partial charge is 0.226 e. The molecule has 0 N–H and O–H groups in total. The molecule has 4 nitrogen and oxygen atoms in total. The smallest absolute Gasteiger partial charge is 0.181 e. The second-order valence-corrected chi connectivity index (χ2v) is 7.05. The zero-order valence-corrected chi connectivity index (χ0v) is 13.2. The highest BCUT2D eigenvalue weighted by Gasteiger charge is 2.08. The van der Waals surface area contributed by atoms with Crippen LogP contribution in [0.1, 0.15) is 12.7 Å². The number of nitrogens with zero attached hydrogens (tertiary/aromatic N) is 4. The first-order valence-electron chi connectivity index (χ1n) is 4.80. The summed E-state index contributed by atoms with van der Waals surface area (Å²) in [6, 6.07) is 1.89. The van der Waals surface area contributed by atoms with Gasteiger partial charge in [-0.15, -0.1) is 10.2 Å². The Hall–Kier alpha value is -0.180. The van der Waals surface area contributed by atoms with Gasteiger partial charge in [-0.3, -0.25) is 0 Å². The maximum absolute atomic E-state index is 4.44. The molecule has 0 amide bonds. The molecule has 0 fully saturated rings. The lowest BCUT2D eigenvalue weighted by atomic mass is 10.4. The molecule has 8 heteroatoms. The lowest BCUT2D eigenvalue weighted by Gasteiger charge is -2.00. The summed E-state index contributed by atoms with van der Waals surface area (Å²) in [7, 11) is 0. The van der Waals surface area contributed by atoms with Crippen molar-refractivity contribution >= 4 is 50.8 Å². The Kier molecular flexibility index (Phi) is 4.78. The maximum atomic E-state index is 4.44. The maximum Gasteiger partial charge on any atom is 0.181 e. The Morgan fingerprint density at radius 1 is 1.29 bits per heavy atom. The summed E-state index contributed by atoms with van der Waals surface area (Å²) in [5, 5.41) is 9.05. The first kappa shape index (κ1) is 13.3. The average Bonchev–Trinajstić information content (AvgIpc) is 2.76. The Labute approximate surface area is 120 Å². The summed E-state index contributed by atoms with van der Waals surface area (Å²) in [5.41, 5.74) is 0. The van der Waals surface area contributed by atoms with Crippen LogP contribution < -0.4 is 0 Å². The summed E-state index contributed by atoms with van der Waals surface area (Å²) >= 11 is 8.08. The van der Waals surface area contributed by atoms with E-state index in [1.807, 2.05) is 19.2 Å². The van der Waals surface area contributed by atoms with Gasteiger partial charge in [0.1, 0.15) is 15.5 Å². The van der Waals surface area contributed by atoms with E-state index in [1.165, 1.54) is 11.8 Å². The third-order valence-electron chi connectivity index (χ3n) is 1.79. The van der Waals surface area contributed by atoms with Gasteiger partial charge < -0.3 is 0 Å². The van der Waals surface area contributed by atoms with Gasteiger partial charge >= 0.3 is 0 Å². The lowest BCUT2D eigenvalue weighted by Crippen LogP contribution is -1.94. The van der Waals surface area contributed by atoms with Crippen molar-refractivity contribution in [3.8, 4) is 0 Å². The van der Waals surface area contributed by atoms with E-state index in [-0.39, 0.29) is 0 Å². The van der Waals surface area contributed by atoms with E-state index in [0.717, 1.165) is 30.6 Å². The highest BCUT2D eigenvalue weighted by Crippen LogP contribution is 2.32. The number of aryl methyl sites for hydroxylation is 1. The van der Waals surface area contributed by atoms with E-state index >= 15 is 0 Å². The van der Waals surface area contributed by atoms with Crippen LogP contribution in [0, 0.1) is 0 Å². The van der Waals surface area contributed by atoms with Crippen LogP contribution in [0.5, 0.6) is 0 Å². The van der Waals surface area contributed by atoms with Crippen LogP contribution in [0.2, 0.25) is 0 Å². The minimum atomic E-state index is 0.807. The van der Waals surface area contributed by atoms with Crippen LogP contribution in [-0.2, 0) is 6.42 Å². The van der Waals surface area contributed by atoms with Crippen LogP contribution in [0.25, 0.3) is 0 Å². The molecule has 2 heterocycles. The highest BCUT2D eigenvalue weighted by molar-refractivity contribution is 9.10. The third-order valence-corrected chi connectivity index (χ3v) is 5.06. The van der Waals surface area contributed by atoms with E-state index in [4.69, 9.17) is 0 Å². The Morgan fingerprint density at radius 2 is 2.06 bits per heavy atom. The van der Waals surface area contributed by atoms with Gasteiger partial charge in [-0.05, 0) is 33.9 Å². The second kappa shape index (κ2) is 6.12. The summed E-state index contributed by atoms with van der Waals surface area (Å²) < 4.78 is 2.68. The van der Waals surface area contributed by atoms with Gasteiger partial charge in [0.25, 0.3) is 0 Å². The summed E-state index contributed by atoms with van der Waals surface area (Å²) in [4.78, 5) is 8.71. The predicted octanol–water partition coefficient (Wildman–Crippen LogP) is 3.53. The van der Waals surface area contributed by atoms with Crippen molar-refractivity contribution in [2.45, 2.75) is 27.0 Å². The monoisotopic (exact) mass is 348 g/mol. The highest BCUT2D eigenvalue weighted by atomic mass is 79.9. The fraction of sp³-hybridized carbons (Fsp3) is 0.333. The second-order valence-electron chi connectivity index (χ2n) is 2.94. The molecule has 0 bridgehead atoms. The molecule has 0 aliphatic carbocycles. The predicted molar refractivity (Wildman–Crippen MR) is 74.9 cm³/mol. The molecule has 0 radical (unpaired) electrons. The average molecular weight is 349 g/mol. The van der Waals surface area contributed by atoms with Gasteiger partial charge in [-0.25, -0.2) is 9.97 Å². The van der Waals surface area contributed by atoms with Gasteiger partial charge in [0.05, 0.1) is 0 Å². The summed E-state index contributed by atoms with van der Waals surface area (Å²) in [6.07, 6.45) is 2.81. The van der Waals surface area contributed by atoms with Crippen LogP contribution in [-0.4, -0.2) is 26.4 Å². The molecule has 2 aromatic heterocycles. The number of rotatable bonds is 4. The zero-order chi connectivity index (χ0) is 12.3. The topological polar surface area (TPSA) is 51.6 Å². The van der Waals surface area contributed by atoms with Crippen molar-refractivity contribution in [3.63, 3.8) is 0 Å². The first-order chi connectivity index (χ1) is 8.21. The van der Waals surface area contributed by atoms with Gasteiger partial charge in [-0.1, -0.05) is 30.0 Å². The zero-order valence-electron chi connectivity index (χ0n) is 9.18. The van der Waals surface area contributed by atoms with E-state index < -0.39 is 0 Å². The summed E-state index contributed by atoms with van der Waals surface area (Å²) in [6.45, 7) is 2.03. The molecular weight excluding hydrogens is 340 g/mol. The molecule has 0 saturated heterocycles. The molecule has 2 aromatic rings. The van der Waals surface area contributed by atoms with E-state index in [0.29, 0.717) is 0 Å². The molecule has 0 aliphatic heterocycles. The Morgan fingerprint density at radius 3 is 2.71 bits per heavy atom. The number of hydrogen-bond donors (Lipinski definition) is 0. The van der Waals surface area contributed by atoms with Gasteiger partial charge in [0.2, 0.25) is 0 Å². The van der Waals surface area contributed by atoms with E-state index in [2.05, 4.69) is 36.1 Å². The quantitative estimate of drug-likeness (QED) is 0.622. The van der Waals surface area contributed by atoms with Crippen LogP contribution in [0.15, 0.2) is 24.4 Å². The number of thioether (sulfide) groups is 1. The standard InChI is InChI=1S/C9H9BrN4S3/c1-3-6-11-5(10)4-7(12-6)16-9-14-13-8(15-2)17-9/h4H,3H2,1-2H3. The molecule has 0 saturated carbocycles. The fourth-order valence-electron chi connectivity index (χ4n) is 1.06. The number of halogens is 1. The summed E-state index contributed by atoms with van der Waals surface area (Å²) in [5.74, 6) is 0.830. The molecule has 90 valence electrons. The van der Waals surface area contributed by atoms with Crippen molar-refractivity contribution in [1.82, 2.24) is 20.2 Å². The number of aromatic nitrogens is 4. The van der Waals surface area contributed by atoms with Crippen molar-refractivity contribution in [1.29, 1.82) is 0 Å².